The third kappa shape index (κ3) is 2.60. The van der Waals surface area contributed by atoms with Crippen LogP contribution in [0.1, 0.15) is 44.0 Å². The van der Waals surface area contributed by atoms with Gasteiger partial charge in [0.25, 0.3) is 0 Å². The standard InChI is InChI=1S/C17H23N3O/c1-2-20-16(18-13-19-20)12-15(21)17(10-6-7-11-17)14-8-4-3-5-9-14/h3-5,8-9,13,15,21H,2,6-7,10-12H2,1H3. The highest BCUT2D eigenvalue weighted by atomic mass is 16.3. The van der Waals surface area contributed by atoms with Crippen LogP contribution >= 0.6 is 0 Å². The Morgan fingerprint density at radius 2 is 1.95 bits per heavy atom. The van der Waals surface area contributed by atoms with Gasteiger partial charge in [-0.05, 0) is 25.3 Å². The predicted octanol–water partition coefficient (Wildman–Crippen LogP) is 2.71. The highest BCUT2D eigenvalue weighted by molar-refractivity contribution is 5.28. The molecule has 3 rings (SSSR count). The maximum Gasteiger partial charge on any atom is 0.138 e. The minimum atomic E-state index is -0.406. The van der Waals surface area contributed by atoms with Crippen LogP contribution in [0.15, 0.2) is 36.7 Å². The van der Waals surface area contributed by atoms with Gasteiger partial charge in [-0.3, -0.25) is 4.68 Å². The van der Waals surface area contributed by atoms with Gasteiger partial charge in [0.05, 0.1) is 6.10 Å². The van der Waals surface area contributed by atoms with Gasteiger partial charge in [-0.25, -0.2) is 4.98 Å². The molecule has 1 heterocycles. The molecule has 1 aromatic heterocycles. The molecule has 0 bridgehead atoms. The minimum Gasteiger partial charge on any atom is -0.392 e. The Kier molecular flexibility index (Phi) is 4.06. The molecule has 1 N–H and O–H groups in total. The SMILES string of the molecule is CCn1ncnc1CC(O)C1(c2ccccc2)CCCC1. The first-order valence-electron chi connectivity index (χ1n) is 7.86. The van der Waals surface area contributed by atoms with Gasteiger partial charge < -0.3 is 5.11 Å². The fourth-order valence-electron chi connectivity index (χ4n) is 3.67. The first-order valence-corrected chi connectivity index (χ1v) is 7.86. The van der Waals surface area contributed by atoms with Crippen molar-refractivity contribution in [2.75, 3.05) is 0 Å². The second kappa shape index (κ2) is 5.98. The molecule has 1 atom stereocenters. The Morgan fingerprint density at radius 3 is 2.62 bits per heavy atom. The molecule has 1 unspecified atom stereocenters. The van der Waals surface area contributed by atoms with Crippen LogP contribution in [0, 0.1) is 0 Å². The highest BCUT2D eigenvalue weighted by Crippen LogP contribution is 2.44. The van der Waals surface area contributed by atoms with E-state index < -0.39 is 6.10 Å². The molecule has 2 aromatic rings. The summed E-state index contributed by atoms with van der Waals surface area (Å²) in [6.07, 6.45) is 6.23. The van der Waals surface area contributed by atoms with Crippen LogP contribution < -0.4 is 0 Å². The third-order valence-electron chi connectivity index (χ3n) is 4.85. The maximum atomic E-state index is 11.0. The zero-order valence-electron chi connectivity index (χ0n) is 12.6. The van der Waals surface area contributed by atoms with E-state index in [1.54, 1.807) is 6.33 Å². The summed E-state index contributed by atoms with van der Waals surface area (Å²) in [5, 5.41) is 15.2. The molecule has 1 aromatic carbocycles. The van der Waals surface area contributed by atoms with E-state index in [-0.39, 0.29) is 5.41 Å². The van der Waals surface area contributed by atoms with Crippen molar-refractivity contribution in [3.8, 4) is 0 Å². The largest absolute Gasteiger partial charge is 0.392 e. The van der Waals surface area contributed by atoms with E-state index in [1.165, 1.54) is 18.4 Å². The molecule has 0 radical (unpaired) electrons. The quantitative estimate of drug-likeness (QED) is 0.919. The number of aliphatic hydroxyl groups is 1. The van der Waals surface area contributed by atoms with Gasteiger partial charge in [0, 0.05) is 18.4 Å². The van der Waals surface area contributed by atoms with Gasteiger partial charge in [-0.2, -0.15) is 5.10 Å². The van der Waals surface area contributed by atoms with Gasteiger partial charge in [0.2, 0.25) is 0 Å². The van der Waals surface area contributed by atoms with Crippen molar-refractivity contribution in [3.05, 3.63) is 48.0 Å². The third-order valence-corrected chi connectivity index (χ3v) is 4.85. The lowest BCUT2D eigenvalue weighted by molar-refractivity contribution is 0.0797. The summed E-state index contributed by atoms with van der Waals surface area (Å²) in [5.41, 5.74) is 1.14. The number of aliphatic hydroxyl groups excluding tert-OH is 1. The molecular weight excluding hydrogens is 262 g/mol. The second-order valence-corrected chi connectivity index (χ2v) is 5.94. The molecule has 0 amide bonds. The van der Waals surface area contributed by atoms with Crippen LogP contribution in [0.5, 0.6) is 0 Å². The normalized spacial score (nSPS) is 18.8. The van der Waals surface area contributed by atoms with Crippen LogP contribution in [0.4, 0.5) is 0 Å². The molecule has 4 heteroatoms. The smallest absolute Gasteiger partial charge is 0.138 e. The summed E-state index contributed by atoms with van der Waals surface area (Å²) in [5.74, 6) is 0.882. The number of nitrogens with zero attached hydrogens (tertiary/aromatic N) is 3. The molecule has 0 aliphatic heterocycles. The van der Waals surface area contributed by atoms with E-state index in [0.29, 0.717) is 6.42 Å². The van der Waals surface area contributed by atoms with Crippen molar-refractivity contribution in [3.63, 3.8) is 0 Å². The fourth-order valence-corrected chi connectivity index (χ4v) is 3.67. The molecule has 21 heavy (non-hydrogen) atoms. The Bertz CT molecular complexity index is 573. The van der Waals surface area contributed by atoms with E-state index in [2.05, 4.69) is 34.3 Å². The maximum absolute atomic E-state index is 11.0. The molecule has 0 saturated heterocycles. The van der Waals surface area contributed by atoms with Crippen molar-refractivity contribution in [2.24, 2.45) is 0 Å². The topological polar surface area (TPSA) is 50.9 Å². The Morgan fingerprint density at radius 1 is 1.24 bits per heavy atom. The molecule has 1 fully saturated rings. The van der Waals surface area contributed by atoms with Gasteiger partial charge in [0.15, 0.2) is 0 Å². The van der Waals surface area contributed by atoms with Crippen molar-refractivity contribution < 1.29 is 5.11 Å². The van der Waals surface area contributed by atoms with E-state index in [0.717, 1.165) is 25.2 Å². The van der Waals surface area contributed by atoms with Crippen LogP contribution in [-0.2, 0) is 18.4 Å². The second-order valence-electron chi connectivity index (χ2n) is 5.94. The zero-order valence-corrected chi connectivity index (χ0v) is 12.6. The van der Waals surface area contributed by atoms with Gasteiger partial charge in [-0.15, -0.1) is 0 Å². The van der Waals surface area contributed by atoms with Crippen LogP contribution in [0.25, 0.3) is 0 Å². The summed E-state index contributed by atoms with van der Waals surface area (Å²) in [4.78, 5) is 4.32. The summed E-state index contributed by atoms with van der Waals surface area (Å²) in [7, 11) is 0. The molecule has 112 valence electrons. The number of benzene rings is 1. The number of hydrogen-bond acceptors (Lipinski definition) is 3. The van der Waals surface area contributed by atoms with Crippen molar-refractivity contribution >= 4 is 0 Å². The Hall–Kier alpha value is -1.68. The van der Waals surface area contributed by atoms with Crippen LogP contribution in [0.3, 0.4) is 0 Å². The van der Waals surface area contributed by atoms with Gasteiger partial charge >= 0.3 is 0 Å². The molecule has 4 nitrogen and oxygen atoms in total. The van der Waals surface area contributed by atoms with E-state index in [1.807, 2.05) is 17.7 Å². The van der Waals surface area contributed by atoms with Crippen LogP contribution in [0.2, 0.25) is 0 Å². The lowest BCUT2D eigenvalue weighted by atomic mass is 9.73. The van der Waals surface area contributed by atoms with Crippen molar-refractivity contribution in [1.29, 1.82) is 0 Å². The van der Waals surface area contributed by atoms with E-state index in [9.17, 15) is 5.11 Å². The Balaban J connectivity index is 1.88. The molecule has 0 spiro atoms. The fraction of sp³-hybridized carbons (Fsp3) is 0.529. The lowest BCUT2D eigenvalue weighted by Crippen LogP contribution is -2.39. The highest BCUT2D eigenvalue weighted by Gasteiger charge is 2.42. The summed E-state index contributed by atoms with van der Waals surface area (Å²) >= 11 is 0. The van der Waals surface area contributed by atoms with Crippen molar-refractivity contribution in [2.45, 2.75) is 57.1 Å². The summed E-state index contributed by atoms with van der Waals surface area (Å²) < 4.78 is 1.87. The molecule has 1 aliphatic rings. The monoisotopic (exact) mass is 285 g/mol. The molecular formula is C17H23N3O. The average Bonchev–Trinajstić information content (AvgIpc) is 3.17. The number of rotatable bonds is 5. The summed E-state index contributed by atoms with van der Waals surface area (Å²) in [6.45, 7) is 2.84. The number of hydrogen-bond donors (Lipinski definition) is 1. The average molecular weight is 285 g/mol. The van der Waals surface area contributed by atoms with Crippen molar-refractivity contribution in [1.82, 2.24) is 14.8 Å². The van der Waals surface area contributed by atoms with E-state index in [4.69, 9.17) is 0 Å². The molecule has 1 aliphatic carbocycles. The Labute approximate surface area is 125 Å². The summed E-state index contributed by atoms with van der Waals surface area (Å²) in [6, 6.07) is 10.5. The first kappa shape index (κ1) is 14.3. The molecule has 1 saturated carbocycles. The van der Waals surface area contributed by atoms with Gasteiger partial charge in [0.1, 0.15) is 12.2 Å². The minimum absolute atomic E-state index is 0.119. The zero-order chi connectivity index (χ0) is 14.7. The first-order chi connectivity index (χ1) is 10.3. The van der Waals surface area contributed by atoms with E-state index >= 15 is 0 Å². The number of aryl methyl sites for hydroxylation is 1. The van der Waals surface area contributed by atoms with Crippen LogP contribution in [-0.4, -0.2) is 26.0 Å². The number of aromatic nitrogens is 3. The lowest BCUT2D eigenvalue weighted by Gasteiger charge is -2.35. The van der Waals surface area contributed by atoms with Gasteiger partial charge in [-0.1, -0.05) is 43.2 Å². The predicted molar refractivity (Wildman–Crippen MR) is 82.0 cm³/mol.